The Morgan fingerprint density at radius 3 is 2.50 bits per heavy atom. The molecule has 0 saturated carbocycles. The number of carbonyl (C=O) groups is 2. The molecule has 0 bridgehead atoms. The Balaban J connectivity index is 2.80. The average Bonchev–Trinajstić information content (AvgIpc) is 2.54. The predicted molar refractivity (Wildman–Crippen MR) is 94.5 cm³/mol. The minimum Gasteiger partial charge on any atom is -0.426 e. The smallest absolute Gasteiger partial charge is 0.426 e. The zero-order valence-corrected chi connectivity index (χ0v) is 14.8. The van der Waals surface area contributed by atoms with E-state index in [1.165, 1.54) is 0 Å². The number of alkyl halides is 2. The Hall–Kier alpha value is -2.26. The minimum absolute atomic E-state index is 0.139. The third-order valence-corrected chi connectivity index (χ3v) is 3.82. The number of halogens is 2. The van der Waals surface area contributed by atoms with Crippen molar-refractivity contribution in [1.29, 1.82) is 0 Å². The number of nitrogens with one attached hydrogen (secondary N) is 1. The van der Waals surface area contributed by atoms with Crippen molar-refractivity contribution in [3.8, 4) is 0 Å². The maximum absolute atomic E-state index is 12.5. The van der Waals surface area contributed by atoms with Gasteiger partial charge in [-0.3, -0.25) is 9.59 Å². The van der Waals surface area contributed by atoms with Crippen molar-refractivity contribution in [2.75, 3.05) is 13.1 Å². The van der Waals surface area contributed by atoms with E-state index in [-0.39, 0.29) is 6.42 Å². The minimum atomic E-state index is -2.80. The van der Waals surface area contributed by atoms with E-state index < -0.39 is 44.4 Å². The first-order chi connectivity index (χ1) is 12.1. The summed E-state index contributed by atoms with van der Waals surface area (Å²) in [5.74, 6) is -2.63. The Labute approximate surface area is 151 Å². The Bertz CT molecular complexity index is 656. The first kappa shape index (κ1) is 21.8. The van der Waals surface area contributed by atoms with Gasteiger partial charge in [-0.15, -0.1) is 0 Å². The van der Waals surface area contributed by atoms with E-state index in [0.717, 1.165) is 22.8 Å². The van der Waals surface area contributed by atoms with Crippen LogP contribution in [-0.4, -0.2) is 59.3 Å². The topological polar surface area (TPSA) is 89.9 Å². The monoisotopic (exact) mass is 368 g/mol. The van der Waals surface area contributed by atoms with E-state index in [9.17, 15) is 28.4 Å². The predicted octanol–water partition coefficient (Wildman–Crippen LogP) is 0.622. The molecule has 0 aromatic heterocycles. The largest absolute Gasteiger partial charge is 0.475 e. The molecule has 2 amide bonds. The molecule has 0 spiro atoms. The molecule has 26 heavy (non-hydrogen) atoms. The van der Waals surface area contributed by atoms with Crippen LogP contribution in [0.4, 0.5) is 8.78 Å². The number of aryl methyl sites for hydroxylation is 2. The fourth-order valence-electron chi connectivity index (χ4n) is 2.50. The van der Waals surface area contributed by atoms with E-state index in [4.69, 9.17) is 0 Å². The number of benzene rings is 1. The highest BCUT2D eigenvalue weighted by atomic mass is 19.3. The molecule has 0 radical (unpaired) electrons. The van der Waals surface area contributed by atoms with E-state index in [2.05, 4.69) is 11.9 Å². The third-order valence-electron chi connectivity index (χ3n) is 3.82. The normalized spacial score (nSPS) is 11.8. The van der Waals surface area contributed by atoms with Crippen LogP contribution < -0.4 is 5.32 Å². The molecule has 0 heterocycles. The molecule has 1 unspecified atom stereocenters. The molecule has 9 heteroatoms. The number of nitrogens with zero attached hydrogens (tertiary/aromatic N) is 1. The first-order valence-corrected chi connectivity index (χ1v) is 8.05. The van der Waals surface area contributed by atoms with Crippen LogP contribution in [0.15, 0.2) is 30.9 Å². The van der Waals surface area contributed by atoms with Gasteiger partial charge in [0.15, 0.2) is 0 Å². The second-order valence-electron chi connectivity index (χ2n) is 6.04. The SMILES string of the molecule is C=CC(=O)N(CC(=O)NC(Cc1ccc(C)cc1C)B(O)O)CC(F)F. The second kappa shape index (κ2) is 10.0. The van der Waals surface area contributed by atoms with E-state index in [1.807, 2.05) is 32.0 Å². The summed E-state index contributed by atoms with van der Waals surface area (Å²) in [5, 5.41) is 21.4. The van der Waals surface area contributed by atoms with Crippen LogP contribution in [0.1, 0.15) is 16.7 Å². The molecule has 0 aliphatic heterocycles. The fourth-order valence-corrected chi connectivity index (χ4v) is 2.50. The van der Waals surface area contributed by atoms with Gasteiger partial charge in [0.05, 0.1) is 12.5 Å². The van der Waals surface area contributed by atoms with Crippen molar-refractivity contribution in [2.24, 2.45) is 0 Å². The van der Waals surface area contributed by atoms with Gasteiger partial charge in [-0.25, -0.2) is 8.78 Å². The Morgan fingerprint density at radius 1 is 1.35 bits per heavy atom. The van der Waals surface area contributed by atoms with Crippen molar-refractivity contribution in [3.05, 3.63) is 47.5 Å². The summed E-state index contributed by atoms with van der Waals surface area (Å²) in [6, 6.07) is 5.60. The van der Waals surface area contributed by atoms with Gasteiger partial charge in [0.25, 0.3) is 6.43 Å². The average molecular weight is 368 g/mol. The number of hydrogen-bond acceptors (Lipinski definition) is 4. The molecule has 1 aromatic carbocycles. The molecule has 6 nitrogen and oxygen atoms in total. The van der Waals surface area contributed by atoms with Gasteiger partial charge in [-0.2, -0.15) is 0 Å². The lowest BCUT2D eigenvalue weighted by Crippen LogP contribution is -2.51. The van der Waals surface area contributed by atoms with Crippen LogP contribution in [0, 0.1) is 13.8 Å². The van der Waals surface area contributed by atoms with Crippen molar-refractivity contribution in [2.45, 2.75) is 32.6 Å². The highest BCUT2D eigenvalue weighted by Gasteiger charge is 2.27. The molecular formula is C17H23BF2N2O4. The lowest BCUT2D eigenvalue weighted by molar-refractivity contribution is -0.134. The van der Waals surface area contributed by atoms with Crippen LogP contribution in [-0.2, 0) is 16.0 Å². The molecule has 0 saturated heterocycles. The van der Waals surface area contributed by atoms with Crippen molar-refractivity contribution >= 4 is 18.9 Å². The highest BCUT2D eigenvalue weighted by molar-refractivity contribution is 6.43. The summed E-state index contributed by atoms with van der Waals surface area (Å²) in [4.78, 5) is 24.3. The van der Waals surface area contributed by atoms with Crippen LogP contribution in [0.3, 0.4) is 0 Å². The zero-order valence-electron chi connectivity index (χ0n) is 14.8. The summed E-state index contributed by atoms with van der Waals surface area (Å²) in [6.07, 6.45) is -1.83. The Kier molecular flexibility index (Phi) is 8.41. The molecule has 0 aliphatic rings. The maximum Gasteiger partial charge on any atom is 0.475 e. The van der Waals surface area contributed by atoms with Crippen LogP contribution in [0.25, 0.3) is 0 Å². The molecule has 1 aromatic rings. The van der Waals surface area contributed by atoms with Gasteiger partial charge >= 0.3 is 7.12 Å². The standard InChI is InChI=1S/C17H23BF2N2O4/c1-4-17(24)22(9-15(19)20)10-16(23)21-14(18(25)26)8-13-6-5-11(2)7-12(13)3/h4-7,14-15,25-26H,1,8-10H2,2-3H3,(H,21,23). The van der Waals surface area contributed by atoms with Crippen LogP contribution in [0.5, 0.6) is 0 Å². The van der Waals surface area contributed by atoms with Crippen molar-refractivity contribution < 1.29 is 28.4 Å². The summed E-state index contributed by atoms with van der Waals surface area (Å²) >= 11 is 0. The summed E-state index contributed by atoms with van der Waals surface area (Å²) in [7, 11) is -1.85. The van der Waals surface area contributed by atoms with Crippen LogP contribution in [0.2, 0.25) is 0 Å². The van der Waals surface area contributed by atoms with Gasteiger partial charge < -0.3 is 20.3 Å². The lowest BCUT2D eigenvalue weighted by Gasteiger charge is -2.23. The third kappa shape index (κ3) is 6.93. The zero-order chi connectivity index (χ0) is 19.9. The number of carbonyl (C=O) groups excluding carboxylic acids is 2. The number of rotatable bonds is 9. The van der Waals surface area contributed by atoms with Gasteiger partial charge in [0.2, 0.25) is 11.8 Å². The van der Waals surface area contributed by atoms with E-state index >= 15 is 0 Å². The summed E-state index contributed by atoms with van der Waals surface area (Å²) in [5.41, 5.74) is 2.77. The van der Waals surface area contributed by atoms with Gasteiger partial charge in [0.1, 0.15) is 6.54 Å². The quantitative estimate of drug-likeness (QED) is 0.441. The fraction of sp³-hybridized carbons (Fsp3) is 0.412. The summed E-state index contributed by atoms with van der Waals surface area (Å²) in [6.45, 7) is 5.44. The molecule has 0 fully saturated rings. The molecule has 0 aliphatic carbocycles. The Morgan fingerprint density at radius 2 is 2.00 bits per heavy atom. The van der Waals surface area contributed by atoms with Gasteiger partial charge in [-0.1, -0.05) is 30.3 Å². The van der Waals surface area contributed by atoms with Gasteiger partial charge in [-0.05, 0) is 37.5 Å². The number of amides is 2. The van der Waals surface area contributed by atoms with E-state index in [0.29, 0.717) is 4.90 Å². The number of hydrogen-bond donors (Lipinski definition) is 3. The second-order valence-corrected chi connectivity index (χ2v) is 6.04. The molecule has 1 atom stereocenters. The maximum atomic E-state index is 12.5. The molecular weight excluding hydrogens is 345 g/mol. The van der Waals surface area contributed by atoms with E-state index in [1.54, 1.807) is 0 Å². The van der Waals surface area contributed by atoms with Crippen LogP contribution >= 0.6 is 0 Å². The van der Waals surface area contributed by atoms with Crippen molar-refractivity contribution in [3.63, 3.8) is 0 Å². The highest BCUT2D eigenvalue weighted by Crippen LogP contribution is 2.13. The summed E-state index contributed by atoms with van der Waals surface area (Å²) < 4.78 is 25.1. The molecule has 3 N–H and O–H groups in total. The molecule has 142 valence electrons. The lowest BCUT2D eigenvalue weighted by atomic mass is 9.75. The van der Waals surface area contributed by atoms with Crippen molar-refractivity contribution in [1.82, 2.24) is 10.2 Å². The van der Waals surface area contributed by atoms with Gasteiger partial charge in [0, 0.05) is 0 Å². The molecule has 1 rings (SSSR count). The first-order valence-electron chi connectivity index (χ1n) is 8.05.